The van der Waals surface area contributed by atoms with Gasteiger partial charge < -0.3 is 15.0 Å². The average Bonchev–Trinajstić information content (AvgIpc) is 2.30. The highest BCUT2D eigenvalue weighted by Gasteiger charge is 2.33. The molecule has 3 heteroatoms. The van der Waals surface area contributed by atoms with Crippen molar-refractivity contribution < 1.29 is 4.74 Å². The van der Waals surface area contributed by atoms with Crippen LogP contribution in [0.4, 0.5) is 0 Å². The number of likely N-dealkylation sites (N-methyl/N-ethyl adjacent to an activating group) is 2. The van der Waals surface area contributed by atoms with Gasteiger partial charge in [-0.3, -0.25) is 0 Å². The zero-order valence-electron chi connectivity index (χ0n) is 11.6. The maximum absolute atomic E-state index is 5.99. The average molecular weight is 240 g/mol. The Kier molecular flexibility index (Phi) is 4.83. The lowest BCUT2D eigenvalue weighted by atomic mass is 9.77. The van der Waals surface area contributed by atoms with Crippen molar-refractivity contribution in [3.8, 4) is 0 Å². The van der Waals surface area contributed by atoms with Crippen molar-refractivity contribution in [1.29, 1.82) is 0 Å². The number of morpholine rings is 1. The summed E-state index contributed by atoms with van der Waals surface area (Å²) in [5, 5.41) is 3.53. The topological polar surface area (TPSA) is 24.5 Å². The zero-order chi connectivity index (χ0) is 12.3. The third kappa shape index (κ3) is 3.43. The number of rotatable bonds is 3. The molecule has 0 aromatic carbocycles. The van der Waals surface area contributed by atoms with Gasteiger partial charge in [0.15, 0.2) is 0 Å². The molecule has 2 fully saturated rings. The predicted molar refractivity (Wildman–Crippen MR) is 71.2 cm³/mol. The van der Waals surface area contributed by atoms with Crippen LogP contribution in [-0.4, -0.2) is 50.8 Å². The lowest BCUT2D eigenvalue weighted by Crippen LogP contribution is -2.53. The second-order valence-corrected chi connectivity index (χ2v) is 6.02. The maximum Gasteiger partial charge on any atom is 0.0857 e. The molecule has 100 valence electrons. The summed E-state index contributed by atoms with van der Waals surface area (Å²) in [6, 6.07) is 0.542. The summed E-state index contributed by atoms with van der Waals surface area (Å²) in [6.07, 6.45) is 5.94. The Morgan fingerprint density at radius 3 is 2.82 bits per heavy atom. The number of hydrogen-bond donors (Lipinski definition) is 1. The molecule has 3 nitrogen and oxygen atoms in total. The first-order valence-electron chi connectivity index (χ1n) is 7.18. The third-order valence-electron chi connectivity index (χ3n) is 4.52. The first-order chi connectivity index (χ1) is 8.20. The van der Waals surface area contributed by atoms with Crippen LogP contribution in [0.3, 0.4) is 0 Å². The van der Waals surface area contributed by atoms with E-state index in [9.17, 15) is 0 Å². The van der Waals surface area contributed by atoms with E-state index in [2.05, 4.69) is 31.2 Å². The summed E-state index contributed by atoms with van der Waals surface area (Å²) in [5.74, 6) is 1.70. The van der Waals surface area contributed by atoms with E-state index >= 15 is 0 Å². The van der Waals surface area contributed by atoms with Gasteiger partial charge in [-0.1, -0.05) is 19.8 Å². The molecule has 0 aromatic rings. The Hall–Kier alpha value is -0.120. The molecule has 4 unspecified atom stereocenters. The maximum atomic E-state index is 5.99. The molecule has 2 rings (SSSR count). The van der Waals surface area contributed by atoms with Gasteiger partial charge in [0.25, 0.3) is 0 Å². The van der Waals surface area contributed by atoms with Gasteiger partial charge in [0.2, 0.25) is 0 Å². The predicted octanol–water partition coefficient (Wildman–Crippen LogP) is 1.73. The van der Waals surface area contributed by atoms with Crippen molar-refractivity contribution in [2.75, 3.05) is 33.8 Å². The van der Waals surface area contributed by atoms with Crippen LogP contribution in [-0.2, 0) is 4.74 Å². The molecular weight excluding hydrogens is 212 g/mol. The fourth-order valence-electron chi connectivity index (χ4n) is 3.56. The van der Waals surface area contributed by atoms with Crippen molar-refractivity contribution in [2.24, 2.45) is 11.8 Å². The number of hydrogen-bond acceptors (Lipinski definition) is 3. The quantitative estimate of drug-likeness (QED) is 0.813. The third-order valence-corrected chi connectivity index (χ3v) is 4.52. The summed E-state index contributed by atoms with van der Waals surface area (Å²) >= 11 is 0. The van der Waals surface area contributed by atoms with Gasteiger partial charge in [-0.15, -0.1) is 0 Å². The van der Waals surface area contributed by atoms with E-state index in [0.717, 1.165) is 31.5 Å². The molecule has 0 bridgehead atoms. The number of nitrogens with zero attached hydrogens (tertiary/aromatic N) is 1. The molecule has 1 saturated carbocycles. The van der Waals surface area contributed by atoms with E-state index in [-0.39, 0.29) is 0 Å². The Balaban J connectivity index is 1.94. The van der Waals surface area contributed by atoms with Gasteiger partial charge in [0.1, 0.15) is 0 Å². The highest BCUT2D eigenvalue weighted by atomic mass is 16.5. The standard InChI is InChI=1S/C14H28N2O/c1-11-5-4-6-12(9-11)14(15-2)13-10-16(3)7-8-17-13/h11-15H,4-10H2,1-3H3. The monoisotopic (exact) mass is 240 g/mol. The Morgan fingerprint density at radius 2 is 2.18 bits per heavy atom. The lowest BCUT2D eigenvalue weighted by molar-refractivity contribution is -0.0525. The van der Waals surface area contributed by atoms with Crippen LogP contribution in [0.25, 0.3) is 0 Å². The SMILES string of the molecule is CNC(C1CCCC(C)C1)C1CN(C)CCO1. The highest BCUT2D eigenvalue weighted by Crippen LogP contribution is 2.32. The van der Waals surface area contributed by atoms with E-state index < -0.39 is 0 Å². The minimum atomic E-state index is 0.383. The van der Waals surface area contributed by atoms with Crippen LogP contribution in [0.15, 0.2) is 0 Å². The van der Waals surface area contributed by atoms with Crippen molar-refractivity contribution in [3.05, 3.63) is 0 Å². The first-order valence-corrected chi connectivity index (χ1v) is 7.18. The Morgan fingerprint density at radius 1 is 1.35 bits per heavy atom. The Labute approximate surface area is 106 Å². The molecule has 0 amide bonds. The van der Waals surface area contributed by atoms with Crippen molar-refractivity contribution in [1.82, 2.24) is 10.2 Å². The van der Waals surface area contributed by atoms with Crippen molar-refractivity contribution in [2.45, 2.75) is 44.8 Å². The van der Waals surface area contributed by atoms with E-state index in [1.54, 1.807) is 0 Å². The number of nitrogens with one attached hydrogen (secondary N) is 1. The molecule has 2 aliphatic rings. The van der Waals surface area contributed by atoms with Gasteiger partial charge in [0.05, 0.1) is 12.7 Å². The second kappa shape index (κ2) is 6.17. The molecule has 0 spiro atoms. The fraction of sp³-hybridized carbons (Fsp3) is 1.00. The first kappa shape index (κ1) is 13.3. The summed E-state index contributed by atoms with van der Waals surface area (Å²) in [6.45, 7) is 5.44. The highest BCUT2D eigenvalue weighted by molar-refractivity contribution is 4.89. The van der Waals surface area contributed by atoms with Crippen LogP contribution in [0.1, 0.15) is 32.6 Å². The zero-order valence-corrected chi connectivity index (χ0v) is 11.6. The largest absolute Gasteiger partial charge is 0.374 e. The van der Waals surface area contributed by atoms with E-state index in [4.69, 9.17) is 4.74 Å². The molecule has 1 aliphatic heterocycles. The molecule has 1 N–H and O–H groups in total. The van der Waals surface area contributed by atoms with Crippen molar-refractivity contribution >= 4 is 0 Å². The summed E-state index contributed by atoms with van der Waals surface area (Å²) in [4.78, 5) is 2.39. The fourth-order valence-corrected chi connectivity index (χ4v) is 3.56. The molecule has 1 saturated heterocycles. The van der Waals surface area contributed by atoms with E-state index in [1.165, 1.54) is 25.7 Å². The summed E-state index contributed by atoms with van der Waals surface area (Å²) < 4.78 is 5.99. The smallest absolute Gasteiger partial charge is 0.0857 e. The molecule has 4 atom stereocenters. The number of ether oxygens (including phenoxy) is 1. The minimum absolute atomic E-state index is 0.383. The Bertz CT molecular complexity index is 212. The van der Waals surface area contributed by atoms with Crippen LogP contribution in [0, 0.1) is 11.8 Å². The van der Waals surface area contributed by atoms with E-state index in [0.29, 0.717) is 12.1 Å². The van der Waals surface area contributed by atoms with Gasteiger partial charge in [-0.05, 0) is 38.8 Å². The van der Waals surface area contributed by atoms with Crippen LogP contribution >= 0.6 is 0 Å². The summed E-state index contributed by atoms with van der Waals surface area (Å²) in [5.41, 5.74) is 0. The second-order valence-electron chi connectivity index (χ2n) is 6.02. The van der Waals surface area contributed by atoms with Crippen molar-refractivity contribution in [3.63, 3.8) is 0 Å². The normalized spacial score (nSPS) is 37.9. The molecule has 17 heavy (non-hydrogen) atoms. The minimum Gasteiger partial charge on any atom is -0.374 e. The van der Waals surface area contributed by atoms with Gasteiger partial charge in [-0.2, -0.15) is 0 Å². The summed E-state index contributed by atoms with van der Waals surface area (Å²) in [7, 11) is 4.30. The van der Waals surface area contributed by atoms with Crippen LogP contribution in [0.5, 0.6) is 0 Å². The van der Waals surface area contributed by atoms with E-state index in [1.807, 2.05) is 0 Å². The van der Waals surface area contributed by atoms with Gasteiger partial charge in [-0.25, -0.2) is 0 Å². The van der Waals surface area contributed by atoms with Gasteiger partial charge in [0, 0.05) is 19.1 Å². The molecule has 0 radical (unpaired) electrons. The van der Waals surface area contributed by atoms with Gasteiger partial charge >= 0.3 is 0 Å². The lowest BCUT2D eigenvalue weighted by Gasteiger charge is -2.41. The van der Waals surface area contributed by atoms with Crippen LogP contribution < -0.4 is 5.32 Å². The van der Waals surface area contributed by atoms with Crippen LogP contribution in [0.2, 0.25) is 0 Å². The molecule has 1 aliphatic carbocycles. The molecule has 1 heterocycles. The molecule has 0 aromatic heterocycles. The molecular formula is C14H28N2O.